The summed E-state index contributed by atoms with van der Waals surface area (Å²) in [4.78, 5) is 29.1. The van der Waals surface area contributed by atoms with E-state index in [0.717, 1.165) is 18.5 Å². The molecule has 0 bridgehead atoms. The summed E-state index contributed by atoms with van der Waals surface area (Å²) >= 11 is 0. The summed E-state index contributed by atoms with van der Waals surface area (Å²) < 4.78 is 14.1. The standard InChI is InChI=1S/C22H23FN2O2/c1-15-8-9-19-16(13-15)6-4-12-24(19)22(27)20-10-11-21(26)25(20)14-17-5-2-3-7-18(17)23/h2-3,5,7-9,13,20H,4,6,10-12,14H2,1H3. The van der Waals surface area contributed by atoms with Gasteiger partial charge in [-0.05, 0) is 43.9 Å². The van der Waals surface area contributed by atoms with Crippen LogP contribution in [0.1, 0.15) is 36.0 Å². The Hall–Kier alpha value is -2.69. The molecule has 0 radical (unpaired) electrons. The Morgan fingerprint density at radius 3 is 2.81 bits per heavy atom. The number of rotatable bonds is 3. The number of amides is 2. The molecule has 2 aromatic rings. The summed E-state index contributed by atoms with van der Waals surface area (Å²) in [6.07, 6.45) is 2.70. The number of likely N-dealkylation sites (tertiary alicyclic amines) is 1. The average molecular weight is 366 g/mol. The predicted molar refractivity (Wildman–Crippen MR) is 102 cm³/mol. The van der Waals surface area contributed by atoms with Crippen molar-refractivity contribution in [2.45, 2.75) is 45.2 Å². The van der Waals surface area contributed by atoms with E-state index in [9.17, 15) is 14.0 Å². The van der Waals surface area contributed by atoms with Crippen LogP contribution in [0.15, 0.2) is 42.5 Å². The number of aryl methyl sites for hydroxylation is 2. The third kappa shape index (κ3) is 3.34. The van der Waals surface area contributed by atoms with Crippen LogP contribution in [-0.2, 0) is 22.6 Å². The first-order chi connectivity index (χ1) is 13.0. The zero-order chi connectivity index (χ0) is 19.0. The van der Waals surface area contributed by atoms with Crippen LogP contribution in [0.3, 0.4) is 0 Å². The lowest BCUT2D eigenvalue weighted by Gasteiger charge is -2.34. The third-order valence-electron chi connectivity index (χ3n) is 5.53. The molecule has 1 atom stereocenters. The Morgan fingerprint density at radius 1 is 1.19 bits per heavy atom. The Balaban J connectivity index is 1.60. The van der Waals surface area contributed by atoms with Gasteiger partial charge in [0.15, 0.2) is 0 Å². The number of benzene rings is 2. The van der Waals surface area contributed by atoms with E-state index in [1.807, 2.05) is 24.0 Å². The van der Waals surface area contributed by atoms with Crippen molar-refractivity contribution in [2.24, 2.45) is 0 Å². The molecule has 1 saturated heterocycles. The van der Waals surface area contributed by atoms with E-state index in [0.29, 0.717) is 24.9 Å². The second-order valence-electron chi connectivity index (χ2n) is 7.39. The molecular weight excluding hydrogens is 343 g/mol. The van der Waals surface area contributed by atoms with Gasteiger partial charge in [0, 0.05) is 30.8 Å². The number of anilines is 1. The summed E-state index contributed by atoms with van der Waals surface area (Å²) in [7, 11) is 0. The summed E-state index contributed by atoms with van der Waals surface area (Å²) in [5.74, 6) is -0.484. The van der Waals surface area contributed by atoms with E-state index in [1.54, 1.807) is 23.1 Å². The molecule has 27 heavy (non-hydrogen) atoms. The second kappa shape index (κ2) is 7.14. The van der Waals surface area contributed by atoms with E-state index < -0.39 is 6.04 Å². The molecular formula is C22H23FN2O2. The van der Waals surface area contributed by atoms with Gasteiger partial charge in [-0.1, -0.05) is 35.9 Å². The first kappa shape index (κ1) is 17.7. The van der Waals surface area contributed by atoms with Crippen molar-refractivity contribution < 1.29 is 14.0 Å². The highest BCUT2D eigenvalue weighted by atomic mass is 19.1. The molecule has 1 fully saturated rings. The highest BCUT2D eigenvalue weighted by molar-refractivity contribution is 6.01. The molecule has 2 aliphatic rings. The summed E-state index contributed by atoms with van der Waals surface area (Å²) in [6.45, 7) is 2.84. The van der Waals surface area contributed by atoms with Crippen LogP contribution in [0.25, 0.3) is 0 Å². The number of fused-ring (bicyclic) bond motifs is 1. The van der Waals surface area contributed by atoms with Crippen molar-refractivity contribution in [1.82, 2.24) is 4.90 Å². The lowest BCUT2D eigenvalue weighted by molar-refractivity contribution is -0.134. The SMILES string of the molecule is Cc1ccc2c(c1)CCCN2C(=O)C1CCC(=O)N1Cc1ccccc1F. The second-order valence-corrected chi connectivity index (χ2v) is 7.39. The van der Waals surface area contributed by atoms with Gasteiger partial charge in [-0.2, -0.15) is 0 Å². The number of nitrogens with zero attached hydrogens (tertiary/aromatic N) is 2. The maximum absolute atomic E-state index is 14.1. The van der Waals surface area contributed by atoms with E-state index in [2.05, 4.69) is 6.07 Å². The Kier molecular flexibility index (Phi) is 4.68. The molecule has 0 N–H and O–H groups in total. The van der Waals surface area contributed by atoms with Crippen LogP contribution in [0.2, 0.25) is 0 Å². The van der Waals surface area contributed by atoms with Gasteiger partial charge in [0.1, 0.15) is 11.9 Å². The lowest BCUT2D eigenvalue weighted by Crippen LogP contribution is -2.48. The van der Waals surface area contributed by atoms with E-state index in [4.69, 9.17) is 0 Å². The van der Waals surface area contributed by atoms with E-state index >= 15 is 0 Å². The number of halogens is 1. The van der Waals surface area contributed by atoms with Gasteiger partial charge in [0.2, 0.25) is 11.8 Å². The van der Waals surface area contributed by atoms with E-state index in [-0.39, 0.29) is 24.2 Å². The molecule has 2 amide bonds. The van der Waals surface area contributed by atoms with Crippen molar-refractivity contribution in [1.29, 1.82) is 0 Å². The van der Waals surface area contributed by atoms with Gasteiger partial charge in [-0.15, -0.1) is 0 Å². The number of hydrogen-bond acceptors (Lipinski definition) is 2. The fourth-order valence-corrected chi connectivity index (χ4v) is 4.13. The number of carbonyl (C=O) groups excluding carboxylic acids is 2. The molecule has 0 aromatic heterocycles. The average Bonchev–Trinajstić information content (AvgIpc) is 3.03. The molecule has 140 valence electrons. The quantitative estimate of drug-likeness (QED) is 0.833. The van der Waals surface area contributed by atoms with Crippen LogP contribution in [0, 0.1) is 12.7 Å². The first-order valence-electron chi connectivity index (χ1n) is 9.48. The molecule has 0 aliphatic carbocycles. The van der Waals surface area contributed by atoms with Crippen molar-refractivity contribution in [3.05, 3.63) is 65.0 Å². The maximum Gasteiger partial charge on any atom is 0.249 e. The zero-order valence-corrected chi connectivity index (χ0v) is 15.5. The van der Waals surface area contributed by atoms with Crippen LogP contribution < -0.4 is 4.90 Å². The highest BCUT2D eigenvalue weighted by Crippen LogP contribution is 2.31. The monoisotopic (exact) mass is 366 g/mol. The van der Waals surface area contributed by atoms with Gasteiger partial charge in [0.25, 0.3) is 0 Å². The molecule has 1 unspecified atom stereocenters. The molecule has 2 aliphatic heterocycles. The molecule has 4 nitrogen and oxygen atoms in total. The lowest BCUT2D eigenvalue weighted by atomic mass is 9.98. The normalized spacial score (nSPS) is 19.3. The van der Waals surface area contributed by atoms with Crippen molar-refractivity contribution in [2.75, 3.05) is 11.4 Å². The first-order valence-corrected chi connectivity index (χ1v) is 9.48. The molecule has 2 heterocycles. The molecule has 4 rings (SSSR count). The van der Waals surface area contributed by atoms with Crippen LogP contribution >= 0.6 is 0 Å². The van der Waals surface area contributed by atoms with E-state index in [1.165, 1.54) is 17.2 Å². The Bertz CT molecular complexity index is 896. The topological polar surface area (TPSA) is 40.6 Å². The van der Waals surface area contributed by atoms with Crippen molar-refractivity contribution >= 4 is 17.5 Å². The minimum atomic E-state index is -0.524. The maximum atomic E-state index is 14.1. The van der Waals surface area contributed by atoms with Gasteiger partial charge >= 0.3 is 0 Å². The van der Waals surface area contributed by atoms with Gasteiger partial charge in [-0.25, -0.2) is 4.39 Å². The summed E-state index contributed by atoms with van der Waals surface area (Å²) in [5.41, 5.74) is 3.75. The third-order valence-corrected chi connectivity index (χ3v) is 5.53. The largest absolute Gasteiger partial charge is 0.326 e. The van der Waals surface area contributed by atoms with Gasteiger partial charge in [-0.3, -0.25) is 9.59 Å². The minimum Gasteiger partial charge on any atom is -0.326 e. The van der Waals surface area contributed by atoms with Crippen LogP contribution in [0.4, 0.5) is 10.1 Å². The Labute approximate surface area is 158 Å². The Morgan fingerprint density at radius 2 is 2.00 bits per heavy atom. The number of carbonyl (C=O) groups is 2. The zero-order valence-electron chi connectivity index (χ0n) is 15.5. The van der Waals surface area contributed by atoms with Gasteiger partial charge < -0.3 is 9.80 Å². The van der Waals surface area contributed by atoms with Crippen molar-refractivity contribution in [3.63, 3.8) is 0 Å². The molecule has 0 saturated carbocycles. The van der Waals surface area contributed by atoms with Crippen LogP contribution in [-0.4, -0.2) is 29.3 Å². The predicted octanol–water partition coefficient (Wildman–Crippen LogP) is 3.60. The number of hydrogen-bond donors (Lipinski definition) is 0. The van der Waals surface area contributed by atoms with Gasteiger partial charge in [0.05, 0.1) is 0 Å². The van der Waals surface area contributed by atoms with Crippen molar-refractivity contribution in [3.8, 4) is 0 Å². The molecule has 5 heteroatoms. The molecule has 0 spiro atoms. The van der Waals surface area contributed by atoms with Crippen LogP contribution in [0.5, 0.6) is 0 Å². The summed E-state index contributed by atoms with van der Waals surface area (Å²) in [6, 6.07) is 12.0. The summed E-state index contributed by atoms with van der Waals surface area (Å²) in [5, 5.41) is 0. The fraction of sp³-hybridized carbons (Fsp3) is 0.364. The highest BCUT2D eigenvalue weighted by Gasteiger charge is 2.39. The molecule has 2 aromatic carbocycles. The smallest absolute Gasteiger partial charge is 0.249 e. The minimum absolute atomic E-state index is 0.0537. The fourth-order valence-electron chi connectivity index (χ4n) is 4.13.